The zero-order valence-corrected chi connectivity index (χ0v) is 9.87. The number of rotatable bonds is 3. The van der Waals surface area contributed by atoms with Crippen molar-refractivity contribution in [2.45, 2.75) is 26.3 Å². The second kappa shape index (κ2) is 4.94. The van der Waals surface area contributed by atoms with Crippen molar-refractivity contribution in [3.63, 3.8) is 0 Å². The summed E-state index contributed by atoms with van der Waals surface area (Å²) in [6.07, 6.45) is 1.68. The zero-order valence-electron chi connectivity index (χ0n) is 9.87. The average Bonchev–Trinajstić information content (AvgIpc) is 2.18. The molecule has 0 aliphatic heterocycles. The Morgan fingerprint density at radius 3 is 2.56 bits per heavy atom. The van der Waals surface area contributed by atoms with Gasteiger partial charge >= 0.3 is 0 Å². The molecule has 1 aromatic rings. The van der Waals surface area contributed by atoms with Gasteiger partial charge in [0, 0.05) is 5.54 Å². The second-order valence-electron chi connectivity index (χ2n) is 4.56. The molecule has 0 atom stereocenters. The number of anilines is 2. The van der Waals surface area contributed by atoms with Gasteiger partial charge in [0.2, 0.25) is 5.91 Å². The van der Waals surface area contributed by atoms with Crippen LogP contribution in [0, 0.1) is 0 Å². The van der Waals surface area contributed by atoms with Crippen LogP contribution in [0.1, 0.15) is 20.8 Å². The SMILES string of the molecule is CC(C)(C)Nc1ccc(NC(=O)CN)nc1. The molecule has 0 bridgehead atoms. The molecule has 1 heterocycles. The highest BCUT2D eigenvalue weighted by Crippen LogP contribution is 2.14. The molecular weight excluding hydrogens is 204 g/mol. The summed E-state index contributed by atoms with van der Waals surface area (Å²) in [6, 6.07) is 3.60. The van der Waals surface area contributed by atoms with Crippen LogP contribution in [0.3, 0.4) is 0 Å². The minimum atomic E-state index is -0.246. The molecule has 0 aromatic carbocycles. The second-order valence-corrected chi connectivity index (χ2v) is 4.56. The van der Waals surface area contributed by atoms with Crippen molar-refractivity contribution in [2.24, 2.45) is 5.73 Å². The lowest BCUT2D eigenvalue weighted by Crippen LogP contribution is -2.26. The third kappa shape index (κ3) is 4.27. The third-order valence-corrected chi connectivity index (χ3v) is 1.74. The van der Waals surface area contributed by atoms with Crippen LogP contribution in [0.25, 0.3) is 0 Å². The number of amides is 1. The first-order valence-electron chi connectivity index (χ1n) is 5.15. The number of hydrogen-bond donors (Lipinski definition) is 3. The molecule has 0 radical (unpaired) electrons. The summed E-state index contributed by atoms with van der Waals surface area (Å²) in [5.41, 5.74) is 6.09. The Balaban J connectivity index is 2.64. The Hall–Kier alpha value is -1.62. The fourth-order valence-corrected chi connectivity index (χ4v) is 1.17. The van der Waals surface area contributed by atoms with Crippen LogP contribution in [0.2, 0.25) is 0 Å². The number of nitrogens with zero attached hydrogens (tertiary/aromatic N) is 1. The summed E-state index contributed by atoms with van der Waals surface area (Å²) >= 11 is 0. The molecule has 5 nitrogen and oxygen atoms in total. The highest BCUT2D eigenvalue weighted by molar-refractivity contribution is 5.91. The summed E-state index contributed by atoms with van der Waals surface area (Å²) in [6.45, 7) is 6.16. The highest BCUT2D eigenvalue weighted by atomic mass is 16.1. The molecule has 5 heteroatoms. The lowest BCUT2D eigenvalue weighted by atomic mass is 10.1. The fourth-order valence-electron chi connectivity index (χ4n) is 1.17. The van der Waals surface area contributed by atoms with E-state index in [1.54, 1.807) is 12.3 Å². The van der Waals surface area contributed by atoms with Gasteiger partial charge in [-0.2, -0.15) is 0 Å². The molecule has 1 amide bonds. The van der Waals surface area contributed by atoms with Crippen LogP contribution >= 0.6 is 0 Å². The number of nitrogens with two attached hydrogens (primary N) is 1. The van der Waals surface area contributed by atoms with E-state index in [9.17, 15) is 4.79 Å². The van der Waals surface area contributed by atoms with E-state index in [1.807, 2.05) is 6.07 Å². The number of hydrogen-bond acceptors (Lipinski definition) is 4. The van der Waals surface area contributed by atoms with E-state index < -0.39 is 0 Å². The van der Waals surface area contributed by atoms with E-state index >= 15 is 0 Å². The Morgan fingerprint density at radius 2 is 2.12 bits per heavy atom. The number of carbonyl (C=O) groups excluding carboxylic acids is 1. The molecule has 1 aromatic heterocycles. The summed E-state index contributed by atoms with van der Waals surface area (Å²) in [7, 11) is 0. The molecular formula is C11H18N4O. The standard InChI is InChI=1S/C11H18N4O/c1-11(2,3)15-8-4-5-9(13-7-8)14-10(16)6-12/h4-5,7,15H,6,12H2,1-3H3,(H,13,14,16). The van der Waals surface area contributed by atoms with Crippen molar-refractivity contribution in [1.29, 1.82) is 0 Å². The maximum atomic E-state index is 11.0. The zero-order chi connectivity index (χ0) is 12.2. The predicted octanol–water partition coefficient (Wildman–Crippen LogP) is 1.19. The lowest BCUT2D eigenvalue weighted by molar-refractivity contribution is -0.114. The molecule has 0 fully saturated rings. The Kier molecular flexibility index (Phi) is 3.84. The molecule has 0 spiro atoms. The number of carbonyl (C=O) groups is 1. The van der Waals surface area contributed by atoms with E-state index in [-0.39, 0.29) is 18.0 Å². The summed E-state index contributed by atoms with van der Waals surface area (Å²) in [4.78, 5) is 15.1. The molecule has 88 valence electrons. The van der Waals surface area contributed by atoms with Gasteiger partial charge in [0.1, 0.15) is 5.82 Å². The summed E-state index contributed by atoms with van der Waals surface area (Å²) < 4.78 is 0. The van der Waals surface area contributed by atoms with Crippen molar-refractivity contribution >= 4 is 17.4 Å². The highest BCUT2D eigenvalue weighted by Gasteiger charge is 2.09. The monoisotopic (exact) mass is 222 g/mol. The van der Waals surface area contributed by atoms with Crippen molar-refractivity contribution < 1.29 is 4.79 Å². The van der Waals surface area contributed by atoms with Gasteiger partial charge in [-0.15, -0.1) is 0 Å². The predicted molar refractivity (Wildman–Crippen MR) is 65.3 cm³/mol. The number of aromatic nitrogens is 1. The van der Waals surface area contributed by atoms with Gasteiger partial charge in [0.25, 0.3) is 0 Å². The van der Waals surface area contributed by atoms with Gasteiger partial charge in [-0.1, -0.05) is 0 Å². The first-order valence-corrected chi connectivity index (χ1v) is 5.15. The molecule has 16 heavy (non-hydrogen) atoms. The van der Waals surface area contributed by atoms with Crippen molar-refractivity contribution in [3.05, 3.63) is 18.3 Å². The quantitative estimate of drug-likeness (QED) is 0.717. The van der Waals surface area contributed by atoms with E-state index in [0.717, 1.165) is 5.69 Å². The largest absolute Gasteiger partial charge is 0.379 e. The molecule has 0 saturated carbocycles. The minimum absolute atomic E-state index is 0.0102. The van der Waals surface area contributed by atoms with Crippen LogP contribution in [0.5, 0.6) is 0 Å². The molecule has 0 aliphatic rings. The van der Waals surface area contributed by atoms with E-state index in [1.165, 1.54) is 0 Å². The van der Waals surface area contributed by atoms with Gasteiger partial charge in [-0.3, -0.25) is 4.79 Å². The van der Waals surface area contributed by atoms with Crippen LogP contribution < -0.4 is 16.4 Å². The van der Waals surface area contributed by atoms with Gasteiger partial charge in [0.15, 0.2) is 0 Å². The molecule has 0 unspecified atom stereocenters. The molecule has 0 aliphatic carbocycles. The smallest absolute Gasteiger partial charge is 0.239 e. The van der Waals surface area contributed by atoms with E-state index in [4.69, 9.17) is 5.73 Å². The average molecular weight is 222 g/mol. The molecule has 0 saturated heterocycles. The van der Waals surface area contributed by atoms with Crippen molar-refractivity contribution in [1.82, 2.24) is 4.98 Å². The summed E-state index contributed by atoms with van der Waals surface area (Å²) in [5, 5.41) is 5.85. The normalized spacial score (nSPS) is 11.0. The van der Waals surface area contributed by atoms with Crippen LogP contribution in [-0.4, -0.2) is 23.0 Å². The first kappa shape index (κ1) is 12.4. The van der Waals surface area contributed by atoms with Gasteiger partial charge in [0.05, 0.1) is 18.4 Å². The van der Waals surface area contributed by atoms with Crippen LogP contribution in [0.15, 0.2) is 18.3 Å². The molecule has 1 rings (SSSR count). The first-order chi connectivity index (χ1) is 7.40. The Labute approximate surface area is 95.4 Å². The number of nitrogens with one attached hydrogen (secondary N) is 2. The maximum absolute atomic E-state index is 11.0. The maximum Gasteiger partial charge on any atom is 0.239 e. The van der Waals surface area contributed by atoms with Crippen LogP contribution in [0.4, 0.5) is 11.5 Å². The van der Waals surface area contributed by atoms with E-state index in [2.05, 4.69) is 36.4 Å². The Morgan fingerprint density at radius 1 is 1.44 bits per heavy atom. The Bertz CT molecular complexity index is 353. The van der Waals surface area contributed by atoms with Gasteiger partial charge in [-0.25, -0.2) is 4.98 Å². The van der Waals surface area contributed by atoms with Crippen molar-refractivity contribution in [3.8, 4) is 0 Å². The number of pyridine rings is 1. The van der Waals surface area contributed by atoms with Crippen LogP contribution in [-0.2, 0) is 4.79 Å². The van der Waals surface area contributed by atoms with E-state index in [0.29, 0.717) is 5.82 Å². The van der Waals surface area contributed by atoms with Crippen molar-refractivity contribution in [2.75, 3.05) is 17.2 Å². The fraction of sp³-hybridized carbons (Fsp3) is 0.455. The minimum Gasteiger partial charge on any atom is -0.379 e. The lowest BCUT2D eigenvalue weighted by Gasteiger charge is -2.21. The molecule has 4 N–H and O–H groups in total. The van der Waals surface area contributed by atoms with Gasteiger partial charge < -0.3 is 16.4 Å². The topological polar surface area (TPSA) is 80.0 Å². The van der Waals surface area contributed by atoms with Gasteiger partial charge in [-0.05, 0) is 32.9 Å². The third-order valence-electron chi connectivity index (χ3n) is 1.74. The summed E-state index contributed by atoms with van der Waals surface area (Å²) in [5.74, 6) is 0.263.